The molecule has 4 N–H and O–H groups in total. The van der Waals surface area contributed by atoms with Gasteiger partial charge in [-0.25, -0.2) is 4.79 Å². The summed E-state index contributed by atoms with van der Waals surface area (Å²) < 4.78 is 0. The molecule has 1 aromatic carbocycles. The number of thiophene rings is 1. The zero-order chi connectivity index (χ0) is 16.8. The maximum Gasteiger partial charge on any atom is 0.312 e. The smallest absolute Gasteiger partial charge is 0.312 e. The van der Waals surface area contributed by atoms with E-state index in [0.29, 0.717) is 5.92 Å². The lowest BCUT2D eigenvalue weighted by Crippen LogP contribution is -2.34. The lowest BCUT2D eigenvalue weighted by molar-refractivity contribution is -0.116. The van der Waals surface area contributed by atoms with E-state index in [2.05, 4.69) is 24.5 Å². The van der Waals surface area contributed by atoms with E-state index in [-0.39, 0.29) is 12.3 Å². The first kappa shape index (κ1) is 17.0. The summed E-state index contributed by atoms with van der Waals surface area (Å²) in [5.41, 5.74) is 7.15. The fourth-order valence-corrected chi connectivity index (χ4v) is 3.01. The molecule has 1 atom stereocenters. The van der Waals surface area contributed by atoms with Crippen LogP contribution in [0.25, 0.3) is 0 Å². The number of hydrogen-bond acceptors (Lipinski definition) is 3. The molecule has 0 fully saturated rings. The standard InChI is InChI=1S/C17H21N3O2S/c1-11(2)12-5-7-13(8-6-12)19-16(21)10-14(20-17(18)22)15-4-3-9-23-15/h3-9,11,14H,10H2,1-2H3,(H,19,21)(H3,18,20,22). The van der Waals surface area contributed by atoms with Gasteiger partial charge in [-0.15, -0.1) is 11.3 Å². The maximum atomic E-state index is 12.2. The van der Waals surface area contributed by atoms with Crippen LogP contribution in [0.3, 0.4) is 0 Å². The second-order valence-electron chi connectivity index (χ2n) is 5.61. The van der Waals surface area contributed by atoms with Gasteiger partial charge in [0.2, 0.25) is 5.91 Å². The van der Waals surface area contributed by atoms with Crippen LogP contribution >= 0.6 is 11.3 Å². The van der Waals surface area contributed by atoms with E-state index in [1.54, 1.807) is 0 Å². The molecule has 1 heterocycles. The molecule has 2 aromatic rings. The number of carbonyl (C=O) groups is 2. The molecule has 23 heavy (non-hydrogen) atoms. The Kier molecular flexibility index (Phi) is 5.76. The number of urea groups is 1. The molecule has 0 aliphatic rings. The number of nitrogens with one attached hydrogen (secondary N) is 2. The van der Waals surface area contributed by atoms with Gasteiger partial charge in [0.1, 0.15) is 0 Å². The summed E-state index contributed by atoms with van der Waals surface area (Å²) >= 11 is 1.48. The summed E-state index contributed by atoms with van der Waals surface area (Å²) in [6.07, 6.45) is 0.134. The highest BCUT2D eigenvalue weighted by Crippen LogP contribution is 2.23. The van der Waals surface area contributed by atoms with Gasteiger partial charge in [-0.3, -0.25) is 4.79 Å². The summed E-state index contributed by atoms with van der Waals surface area (Å²) in [7, 11) is 0. The number of nitrogens with two attached hydrogens (primary N) is 1. The van der Waals surface area contributed by atoms with E-state index in [1.807, 2.05) is 41.8 Å². The molecule has 1 unspecified atom stereocenters. The highest BCUT2D eigenvalue weighted by Gasteiger charge is 2.18. The zero-order valence-corrected chi connectivity index (χ0v) is 14.0. The maximum absolute atomic E-state index is 12.2. The third-order valence-electron chi connectivity index (χ3n) is 3.45. The predicted octanol–water partition coefficient (Wildman–Crippen LogP) is 3.61. The van der Waals surface area contributed by atoms with Crippen LogP contribution in [0.5, 0.6) is 0 Å². The number of anilines is 1. The first-order valence-electron chi connectivity index (χ1n) is 7.45. The Balaban J connectivity index is 2.00. The highest BCUT2D eigenvalue weighted by molar-refractivity contribution is 7.10. The molecule has 0 bridgehead atoms. The van der Waals surface area contributed by atoms with Crippen LogP contribution in [0.4, 0.5) is 10.5 Å². The van der Waals surface area contributed by atoms with Gasteiger partial charge in [0, 0.05) is 10.6 Å². The normalized spacial score (nSPS) is 12.0. The summed E-state index contributed by atoms with van der Waals surface area (Å²) in [5.74, 6) is 0.275. The van der Waals surface area contributed by atoms with E-state index in [0.717, 1.165) is 10.6 Å². The minimum absolute atomic E-state index is 0.134. The molecular formula is C17H21N3O2S. The third kappa shape index (κ3) is 5.10. The average Bonchev–Trinajstić information content (AvgIpc) is 3.00. The van der Waals surface area contributed by atoms with Crippen molar-refractivity contribution < 1.29 is 9.59 Å². The number of carbonyl (C=O) groups excluding carboxylic acids is 2. The van der Waals surface area contributed by atoms with Crippen molar-refractivity contribution in [3.63, 3.8) is 0 Å². The van der Waals surface area contributed by atoms with Gasteiger partial charge in [0.05, 0.1) is 12.5 Å². The van der Waals surface area contributed by atoms with Crippen molar-refractivity contribution in [1.29, 1.82) is 0 Å². The van der Waals surface area contributed by atoms with Crippen molar-refractivity contribution in [1.82, 2.24) is 5.32 Å². The van der Waals surface area contributed by atoms with Gasteiger partial charge in [-0.2, -0.15) is 0 Å². The van der Waals surface area contributed by atoms with Gasteiger partial charge in [0.15, 0.2) is 0 Å². The molecule has 5 nitrogen and oxygen atoms in total. The second kappa shape index (κ2) is 7.78. The summed E-state index contributed by atoms with van der Waals surface area (Å²) in [6, 6.07) is 10.5. The SMILES string of the molecule is CC(C)c1ccc(NC(=O)CC(NC(N)=O)c2cccs2)cc1. The van der Waals surface area contributed by atoms with E-state index < -0.39 is 12.1 Å². The van der Waals surface area contributed by atoms with Crippen LogP contribution in [0.15, 0.2) is 41.8 Å². The number of benzene rings is 1. The Morgan fingerprint density at radius 1 is 1.17 bits per heavy atom. The summed E-state index contributed by atoms with van der Waals surface area (Å²) in [4.78, 5) is 24.2. The fourth-order valence-electron chi connectivity index (χ4n) is 2.23. The Morgan fingerprint density at radius 3 is 2.39 bits per heavy atom. The molecule has 0 radical (unpaired) electrons. The van der Waals surface area contributed by atoms with E-state index in [1.165, 1.54) is 16.9 Å². The molecule has 0 aliphatic heterocycles. The molecule has 6 heteroatoms. The summed E-state index contributed by atoms with van der Waals surface area (Å²) in [6.45, 7) is 4.24. The molecule has 0 saturated carbocycles. The van der Waals surface area contributed by atoms with Gasteiger partial charge in [0.25, 0.3) is 0 Å². The van der Waals surface area contributed by atoms with E-state index in [9.17, 15) is 9.59 Å². The van der Waals surface area contributed by atoms with Crippen LogP contribution in [0.2, 0.25) is 0 Å². The molecule has 3 amide bonds. The Hall–Kier alpha value is -2.34. The second-order valence-corrected chi connectivity index (χ2v) is 6.58. The molecule has 0 saturated heterocycles. The Bertz CT molecular complexity index is 651. The largest absolute Gasteiger partial charge is 0.352 e. The molecule has 122 valence electrons. The monoisotopic (exact) mass is 331 g/mol. The van der Waals surface area contributed by atoms with Crippen molar-refractivity contribution in [3.8, 4) is 0 Å². The van der Waals surface area contributed by atoms with Crippen molar-refractivity contribution in [3.05, 3.63) is 52.2 Å². The lowest BCUT2D eigenvalue weighted by Gasteiger charge is -2.16. The van der Waals surface area contributed by atoms with Gasteiger partial charge in [-0.05, 0) is 35.1 Å². The van der Waals surface area contributed by atoms with Gasteiger partial charge < -0.3 is 16.4 Å². The van der Waals surface area contributed by atoms with Crippen molar-refractivity contribution in [2.24, 2.45) is 5.73 Å². The Labute approximate surface area is 139 Å². The quantitative estimate of drug-likeness (QED) is 0.755. The van der Waals surface area contributed by atoms with Crippen molar-refractivity contribution in [2.45, 2.75) is 32.2 Å². The van der Waals surface area contributed by atoms with Crippen LogP contribution in [0.1, 0.15) is 42.7 Å². The fraction of sp³-hybridized carbons (Fsp3) is 0.294. The van der Waals surface area contributed by atoms with Crippen LogP contribution in [-0.2, 0) is 4.79 Å². The number of hydrogen-bond donors (Lipinski definition) is 3. The lowest BCUT2D eigenvalue weighted by atomic mass is 10.0. The summed E-state index contributed by atoms with van der Waals surface area (Å²) in [5, 5.41) is 7.36. The molecule has 1 aromatic heterocycles. The van der Waals surface area contributed by atoms with E-state index in [4.69, 9.17) is 5.73 Å². The first-order valence-corrected chi connectivity index (χ1v) is 8.33. The molecule has 2 rings (SSSR count). The minimum atomic E-state index is -0.641. The van der Waals surface area contributed by atoms with Gasteiger partial charge >= 0.3 is 6.03 Å². The predicted molar refractivity (Wildman–Crippen MR) is 93.6 cm³/mol. The van der Waals surface area contributed by atoms with Gasteiger partial charge in [-0.1, -0.05) is 32.0 Å². The minimum Gasteiger partial charge on any atom is -0.352 e. The van der Waals surface area contributed by atoms with Crippen LogP contribution in [0, 0.1) is 0 Å². The molecular weight excluding hydrogens is 310 g/mol. The highest BCUT2D eigenvalue weighted by atomic mass is 32.1. The van der Waals surface area contributed by atoms with Crippen LogP contribution < -0.4 is 16.4 Å². The Morgan fingerprint density at radius 2 is 1.87 bits per heavy atom. The van der Waals surface area contributed by atoms with Crippen molar-refractivity contribution in [2.75, 3.05) is 5.32 Å². The number of primary amides is 1. The first-order chi connectivity index (χ1) is 11.0. The third-order valence-corrected chi connectivity index (χ3v) is 4.44. The molecule has 0 spiro atoms. The zero-order valence-electron chi connectivity index (χ0n) is 13.2. The number of rotatable bonds is 6. The molecule has 0 aliphatic carbocycles. The number of amides is 3. The average molecular weight is 331 g/mol. The topological polar surface area (TPSA) is 84.2 Å². The van der Waals surface area contributed by atoms with E-state index >= 15 is 0 Å². The van der Waals surface area contributed by atoms with Crippen LogP contribution in [-0.4, -0.2) is 11.9 Å². The van der Waals surface area contributed by atoms with Crippen molar-refractivity contribution >= 4 is 29.0 Å².